The van der Waals surface area contributed by atoms with E-state index < -0.39 is 0 Å². The van der Waals surface area contributed by atoms with Gasteiger partial charge in [-0.2, -0.15) is 0 Å². The first kappa shape index (κ1) is 16.7. The van der Waals surface area contributed by atoms with Gasteiger partial charge >= 0.3 is 0 Å². The average molecular weight is 306 g/mol. The predicted molar refractivity (Wildman–Crippen MR) is 87.4 cm³/mol. The van der Waals surface area contributed by atoms with Gasteiger partial charge in [0.25, 0.3) is 5.91 Å². The molecule has 2 heterocycles. The molecular formula is C16H26N4O2. The third-order valence-electron chi connectivity index (χ3n) is 3.95. The summed E-state index contributed by atoms with van der Waals surface area (Å²) in [5.74, 6) is 0.844. The van der Waals surface area contributed by atoms with E-state index in [1.165, 1.54) is 0 Å². The van der Waals surface area contributed by atoms with Gasteiger partial charge in [0.1, 0.15) is 5.82 Å². The lowest BCUT2D eigenvalue weighted by molar-refractivity contribution is 0.0948. The van der Waals surface area contributed by atoms with Crippen molar-refractivity contribution < 1.29 is 9.53 Å². The first-order chi connectivity index (χ1) is 10.7. The van der Waals surface area contributed by atoms with Crippen LogP contribution in [-0.4, -0.2) is 68.3 Å². The topological polar surface area (TPSA) is 57.7 Å². The molecule has 1 N–H and O–H groups in total. The lowest BCUT2D eigenvalue weighted by Crippen LogP contribution is -2.37. The van der Waals surface area contributed by atoms with E-state index in [-0.39, 0.29) is 5.91 Å². The Balaban J connectivity index is 1.82. The fourth-order valence-corrected chi connectivity index (χ4v) is 2.47. The summed E-state index contributed by atoms with van der Waals surface area (Å²) in [6.07, 6.45) is 1.65. The minimum atomic E-state index is -0.0619. The summed E-state index contributed by atoms with van der Waals surface area (Å²) in [6.45, 7) is 10.9. The van der Waals surface area contributed by atoms with Crippen LogP contribution in [0.2, 0.25) is 0 Å². The van der Waals surface area contributed by atoms with Gasteiger partial charge < -0.3 is 19.9 Å². The predicted octanol–water partition coefficient (Wildman–Crippen LogP) is 0.990. The van der Waals surface area contributed by atoms with E-state index in [2.05, 4.69) is 33.9 Å². The average Bonchev–Trinajstić information content (AvgIpc) is 2.59. The number of likely N-dealkylation sites (N-methyl/N-ethyl adjacent to an activating group) is 1. The molecule has 0 aromatic carbocycles. The fourth-order valence-electron chi connectivity index (χ4n) is 2.47. The molecule has 1 aliphatic rings. The zero-order valence-electron chi connectivity index (χ0n) is 13.5. The third kappa shape index (κ3) is 4.68. The normalized spacial score (nSPS) is 15.1. The Labute approximate surface area is 132 Å². The summed E-state index contributed by atoms with van der Waals surface area (Å²) in [6, 6.07) is 3.75. The SMILES string of the molecule is CCN(CC)CCNC(=O)c1ccc(N2CCOCC2)nc1. The number of hydrogen-bond donors (Lipinski definition) is 1. The van der Waals surface area contributed by atoms with Crippen molar-refractivity contribution in [3.63, 3.8) is 0 Å². The zero-order valence-corrected chi connectivity index (χ0v) is 13.5. The minimum Gasteiger partial charge on any atom is -0.378 e. The molecule has 0 spiro atoms. The van der Waals surface area contributed by atoms with Crippen LogP contribution in [0.5, 0.6) is 0 Å². The van der Waals surface area contributed by atoms with Crippen LogP contribution in [0, 0.1) is 0 Å². The number of nitrogens with one attached hydrogen (secondary N) is 1. The van der Waals surface area contributed by atoms with Crippen molar-refractivity contribution in [2.45, 2.75) is 13.8 Å². The highest BCUT2D eigenvalue weighted by molar-refractivity contribution is 5.94. The second-order valence-electron chi connectivity index (χ2n) is 5.29. The highest BCUT2D eigenvalue weighted by Gasteiger charge is 2.13. The van der Waals surface area contributed by atoms with Crippen LogP contribution >= 0.6 is 0 Å². The monoisotopic (exact) mass is 306 g/mol. The van der Waals surface area contributed by atoms with Gasteiger partial charge in [-0.15, -0.1) is 0 Å². The number of anilines is 1. The van der Waals surface area contributed by atoms with Crippen LogP contribution in [0.4, 0.5) is 5.82 Å². The van der Waals surface area contributed by atoms with E-state index in [0.29, 0.717) is 12.1 Å². The van der Waals surface area contributed by atoms with Gasteiger partial charge in [-0.3, -0.25) is 4.79 Å². The standard InChI is InChI=1S/C16H26N4O2/c1-3-19(4-2)8-7-17-16(21)14-5-6-15(18-13-14)20-9-11-22-12-10-20/h5-6,13H,3-4,7-12H2,1-2H3,(H,17,21). The van der Waals surface area contributed by atoms with Crippen LogP contribution in [0.3, 0.4) is 0 Å². The Morgan fingerprint density at radius 2 is 2.05 bits per heavy atom. The van der Waals surface area contributed by atoms with Gasteiger partial charge in [0.05, 0.1) is 18.8 Å². The summed E-state index contributed by atoms with van der Waals surface area (Å²) >= 11 is 0. The molecule has 1 aromatic rings. The molecule has 1 fully saturated rings. The van der Waals surface area contributed by atoms with Gasteiger partial charge in [-0.05, 0) is 25.2 Å². The molecule has 0 unspecified atom stereocenters. The number of carbonyl (C=O) groups is 1. The number of ether oxygens (including phenoxy) is 1. The zero-order chi connectivity index (χ0) is 15.8. The van der Waals surface area contributed by atoms with Crippen LogP contribution in [-0.2, 0) is 4.74 Å². The Hall–Kier alpha value is -1.66. The van der Waals surface area contributed by atoms with Crippen molar-refractivity contribution in [1.29, 1.82) is 0 Å². The molecule has 0 atom stereocenters. The van der Waals surface area contributed by atoms with E-state index in [4.69, 9.17) is 4.74 Å². The van der Waals surface area contributed by atoms with Crippen molar-refractivity contribution in [3.8, 4) is 0 Å². The minimum absolute atomic E-state index is 0.0619. The summed E-state index contributed by atoms with van der Waals surface area (Å²) in [4.78, 5) is 20.9. The summed E-state index contributed by atoms with van der Waals surface area (Å²) in [7, 11) is 0. The molecule has 2 rings (SSSR count). The Bertz CT molecular complexity index is 454. The molecule has 6 heteroatoms. The summed E-state index contributed by atoms with van der Waals surface area (Å²) in [5, 5.41) is 2.94. The number of aromatic nitrogens is 1. The van der Waals surface area contributed by atoms with Gasteiger partial charge in [0.2, 0.25) is 0 Å². The number of rotatable bonds is 7. The smallest absolute Gasteiger partial charge is 0.252 e. The second-order valence-corrected chi connectivity index (χ2v) is 5.29. The van der Waals surface area contributed by atoms with Crippen LogP contribution in [0.25, 0.3) is 0 Å². The van der Waals surface area contributed by atoms with Crippen LogP contribution < -0.4 is 10.2 Å². The fraction of sp³-hybridized carbons (Fsp3) is 0.625. The molecule has 0 bridgehead atoms. The molecule has 0 radical (unpaired) electrons. The van der Waals surface area contributed by atoms with E-state index in [9.17, 15) is 4.79 Å². The highest BCUT2D eigenvalue weighted by atomic mass is 16.5. The molecule has 1 amide bonds. The van der Waals surface area contributed by atoms with E-state index >= 15 is 0 Å². The number of morpholine rings is 1. The number of carbonyl (C=O) groups excluding carboxylic acids is 1. The van der Waals surface area contributed by atoms with Crippen molar-refractivity contribution in [2.24, 2.45) is 0 Å². The molecule has 0 aliphatic carbocycles. The van der Waals surface area contributed by atoms with Crippen molar-refractivity contribution in [3.05, 3.63) is 23.9 Å². The Morgan fingerprint density at radius 1 is 1.32 bits per heavy atom. The lowest BCUT2D eigenvalue weighted by atomic mass is 10.2. The Morgan fingerprint density at radius 3 is 2.64 bits per heavy atom. The van der Waals surface area contributed by atoms with Gasteiger partial charge in [0.15, 0.2) is 0 Å². The van der Waals surface area contributed by atoms with Crippen LogP contribution in [0.15, 0.2) is 18.3 Å². The summed E-state index contributed by atoms with van der Waals surface area (Å²) < 4.78 is 5.33. The molecule has 22 heavy (non-hydrogen) atoms. The maximum Gasteiger partial charge on any atom is 0.252 e. The quantitative estimate of drug-likeness (QED) is 0.814. The number of amides is 1. The maximum absolute atomic E-state index is 12.1. The van der Waals surface area contributed by atoms with Gasteiger partial charge in [0, 0.05) is 32.4 Å². The van der Waals surface area contributed by atoms with Gasteiger partial charge in [-0.1, -0.05) is 13.8 Å². The first-order valence-corrected chi connectivity index (χ1v) is 8.04. The van der Waals surface area contributed by atoms with Crippen molar-refractivity contribution in [1.82, 2.24) is 15.2 Å². The van der Waals surface area contributed by atoms with Crippen molar-refractivity contribution in [2.75, 3.05) is 57.4 Å². The third-order valence-corrected chi connectivity index (χ3v) is 3.95. The molecule has 122 valence electrons. The molecule has 0 saturated carbocycles. The molecule has 1 aliphatic heterocycles. The van der Waals surface area contributed by atoms with E-state index in [1.807, 2.05) is 12.1 Å². The van der Waals surface area contributed by atoms with E-state index in [0.717, 1.165) is 51.8 Å². The van der Waals surface area contributed by atoms with Crippen molar-refractivity contribution >= 4 is 11.7 Å². The molecule has 1 saturated heterocycles. The van der Waals surface area contributed by atoms with Gasteiger partial charge in [-0.25, -0.2) is 4.98 Å². The molecular weight excluding hydrogens is 280 g/mol. The van der Waals surface area contributed by atoms with Crippen LogP contribution in [0.1, 0.15) is 24.2 Å². The maximum atomic E-state index is 12.1. The highest BCUT2D eigenvalue weighted by Crippen LogP contribution is 2.12. The first-order valence-electron chi connectivity index (χ1n) is 8.04. The number of nitrogens with zero attached hydrogens (tertiary/aromatic N) is 3. The Kier molecular flexibility index (Phi) is 6.61. The second kappa shape index (κ2) is 8.70. The molecule has 1 aromatic heterocycles. The van der Waals surface area contributed by atoms with E-state index in [1.54, 1.807) is 6.20 Å². The number of pyridine rings is 1. The largest absolute Gasteiger partial charge is 0.378 e. The molecule has 6 nitrogen and oxygen atoms in total. The summed E-state index contributed by atoms with van der Waals surface area (Å²) in [5.41, 5.74) is 0.608. The number of hydrogen-bond acceptors (Lipinski definition) is 5. The lowest BCUT2D eigenvalue weighted by Gasteiger charge is -2.27.